The summed E-state index contributed by atoms with van der Waals surface area (Å²) in [5.74, 6) is 0.772. The van der Waals surface area contributed by atoms with Crippen LogP contribution in [0.1, 0.15) is 24.4 Å². The maximum Gasteiger partial charge on any atom is 0.274 e. The van der Waals surface area contributed by atoms with E-state index in [0.717, 1.165) is 35.4 Å². The zero-order valence-electron chi connectivity index (χ0n) is 11.7. The Morgan fingerprint density at radius 3 is 2.65 bits per heavy atom. The number of pyridine rings is 1. The summed E-state index contributed by atoms with van der Waals surface area (Å²) in [6, 6.07) is 9.83. The SMILES string of the molecule is COc1ccc(C)cc1-c1ccc(N)c(=O)n1C1CC1. The largest absolute Gasteiger partial charge is 0.496 e. The molecular weight excluding hydrogens is 252 g/mol. The van der Waals surface area contributed by atoms with E-state index in [1.165, 1.54) is 0 Å². The summed E-state index contributed by atoms with van der Waals surface area (Å²) < 4.78 is 7.25. The normalized spacial score (nSPS) is 14.3. The van der Waals surface area contributed by atoms with Crippen LogP contribution in [0, 0.1) is 6.92 Å². The van der Waals surface area contributed by atoms with Crippen molar-refractivity contribution < 1.29 is 4.74 Å². The molecule has 1 saturated carbocycles. The van der Waals surface area contributed by atoms with E-state index < -0.39 is 0 Å². The molecule has 1 aromatic carbocycles. The minimum Gasteiger partial charge on any atom is -0.496 e. The third kappa shape index (κ3) is 2.07. The number of nitrogens with zero attached hydrogens (tertiary/aromatic N) is 1. The molecular formula is C16H18N2O2. The first-order valence-corrected chi connectivity index (χ1v) is 6.78. The van der Waals surface area contributed by atoms with E-state index in [1.54, 1.807) is 13.2 Å². The summed E-state index contributed by atoms with van der Waals surface area (Å²) in [6.45, 7) is 2.03. The van der Waals surface area contributed by atoms with Crippen LogP contribution in [0.3, 0.4) is 0 Å². The number of anilines is 1. The lowest BCUT2D eigenvalue weighted by Gasteiger charge is -2.16. The quantitative estimate of drug-likeness (QED) is 0.933. The van der Waals surface area contributed by atoms with Crippen LogP contribution in [0.2, 0.25) is 0 Å². The number of aromatic nitrogens is 1. The zero-order valence-corrected chi connectivity index (χ0v) is 11.7. The van der Waals surface area contributed by atoms with E-state index in [1.807, 2.05) is 35.8 Å². The number of aryl methyl sites for hydroxylation is 1. The van der Waals surface area contributed by atoms with Crippen LogP contribution in [-0.2, 0) is 0 Å². The van der Waals surface area contributed by atoms with Gasteiger partial charge < -0.3 is 15.0 Å². The standard InChI is InChI=1S/C16H18N2O2/c1-10-3-8-15(20-2)12(9-10)14-7-6-13(17)16(19)18(14)11-4-5-11/h3,6-9,11H,4-5,17H2,1-2H3. The van der Waals surface area contributed by atoms with Crippen LogP contribution in [0.4, 0.5) is 5.69 Å². The molecule has 0 spiro atoms. The number of nitrogen functional groups attached to an aromatic ring is 1. The molecule has 1 fully saturated rings. The topological polar surface area (TPSA) is 57.2 Å². The third-order valence-electron chi connectivity index (χ3n) is 3.69. The molecule has 4 heteroatoms. The molecule has 0 saturated heterocycles. The first-order chi connectivity index (χ1) is 9.61. The van der Waals surface area contributed by atoms with Gasteiger partial charge in [-0.3, -0.25) is 4.79 Å². The van der Waals surface area contributed by atoms with Gasteiger partial charge >= 0.3 is 0 Å². The summed E-state index contributed by atoms with van der Waals surface area (Å²) in [6.07, 6.45) is 2.06. The van der Waals surface area contributed by atoms with Gasteiger partial charge in [-0.1, -0.05) is 11.6 Å². The fourth-order valence-corrected chi connectivity index (χ4v) is 2.51. The summed E-state index contributed by atoms with van der Waals surface area (Å²) in [4.78, 5) is 12.3. The number of hydrogen-bond donors (Lipinski definition) is 1. The van der Waals surface area contributed by atoms with Crippen molar-refractivity contribution in [2.24, 2.45) is 0 Å². The van der Waals surface area contributed by atoms with Crippen molar-refractivity contribution >= 4 is 5.69 Å². The van der Waals surface area contributed by atoms with Crippen LogP contribution in [-0.4, -0.2) is 11.7 Å². The first-order valence-electron chi connectivity index (χ1n) is 6.78. The molecule has 1 aliphatic carbocycles. The van der Waals surface area contributed by atoms with Crippen molar-refractivity contribution in [3.05, 3.63) is 46.2 Å². The van der Waals surface area contributed by atoms with Gasteiger partial charge in [-0.25, -0.2) is 0 Å². The molecule has 1 aromatic heterocycles. The predicted molar refractivity (Wildman–Crippen MR) is 80.1 cm³/mol. The number of rotatable bonds is 3. The summed E-state index contributed by atoms with van der Waals surface area (Å²) in [5, 5.41) is 0. The summed E-state index contributed by atoms with van der Waals surface area (Å²) >= 11 is 0. The second-order valence-electron chi connectivity index (χ2n) is 5.28. The van der Waals surface area contributed by atoms with Crippen LogP contribution in [0.5, 0.6) is 5.75 Å². The molecule has 0 amide bonds. The highest BCUT2D eigenvalue weighted by molar-refractivity contribution is 5.69. The molecule has 0 bridgehead atoms. The molecule has 0 unspecified atom stereocenters. The highest BCUT2D eigenvalue weighted by atomic mass is 16.5. The molecule has 0 radical (unpaired) electrons. The fourth-order valence-electron chi connectivity index (χ4n) is 2.51. The Kier molecular flexibility index (Phi) is 3.01. The van der Waals surface area contributed by atoms with E-state index in [-0.39, 0.29) is 11.6 Å². The van der Waals surface area contributed by atoms with Gasteiger partial charge in [0.2, 0.25) is 0 Å². The highest BCUT2D eigenvalue weighted by Gasteiger charge is 2.28. The molecule has 3 rings (SSSR count). The van der Waals surface area contributed by atoms with E-state index in [9.17, 15) is 4.79 Å². The monoisotopic (exact) mass is 270 g/mol. The average molecular weight is 270 g/mol. The third-order valence-corrected chi connectivity index (χ3v) is 3.69. The lowest BCUT2D eigenvalue weighted by molar-refractivity contribution is 0.416. The molecule has 0 atom stereocenters. The van der Waals surface area contributed by atoms with Gasteiger partial charge in [0.05, 0.1) is 18.5 Å². The van der Waals surface area contributed by atoms with Gasteiger partial charge in [0, 0.05) is 11.6 Å². The van der Waals surface area contributed by atoms with Gasteiger partial charge in [-0.15, -0.1) is 0 Å². The van der Waals surface area contributed by atoms with Crippen molar-refractivity contribution in [1.29, 1.82) is 0 Å². The minimum atomic E-state index is -0.103. The van der Waals surface area contributed by atoms with Crippen molar-refractivity contribution in [1.82, 2.24) is 4.57 Å². The van der Waals surface area contributed by atoms with Gasteiger partial charge in [0.15, 0.2) is 0 Å². The van der Waals surface area contributed by atoms with Crippen molar-refractivity contribution in [2.75, 3.05) is 12.8 Å². The molecule has 104 valence electrons. The van der Waals surface area contributed by atoms with Crippen molar-refractivity contribution in [2.45, 2.75) is 25.8 Å². The van der Waals surface area contributed by atoms with E-state index in [0.29, 0.717) is 5.69 Å². The van der Waals surface area contributed by atoms with Crippen molar-refractivity contribution in [3.63, 3.8) is 0 Å². The average Bonchev–Trinajstić information content (AvgIpc) is 3.26. The Morgan fingerprint density at radius 1 is 1.25 bits per heavy atom. The molecule has 20 heavy (non-hydrogen) atoms. The van der Waals surface area contributed by atoms with Gasteiger partial charge in [0.25, 0.3) is 5.56 Å². The Morgan fingerprint density at radius 2 is 2.00 bits per heavy atom. The number of benzene rings is 1. The van der Waals surface area contributed by atoms with Crippen molar-refractivity contribution in [3.8, 4) is 17.0 Å². The predicted octanol–water partition coefficient (Wildman–Crippen LogP) is 2.75. The van der Waals surface area contributed by atoms with Crippen LogP contribution in [0.25, 0.3) is 11.3 Å². The maximum atomic E-state index is 12.3. The summed E-state index contributed by atoms with van der Waals surface area (Å²) in [5.41, 5.74) is 8.92. The molecule has 4 nitrogen and oxygen atoms in total. The second-order valence-corrected chi connectivity index (χ2v) is 5.28. The van der Waals surface area contributed by atoms with Gasteiger partial charge in [-0.05, 0) is 44.0 Å². The first kappa shape index (κ1) is 12.8. The lowest BCUT2D eigenvalue weighted by Crippen LogP contribution is -2.23. The Hall–Kier alpha value is -2.23. The number of methoxy groups -OCH3 is 1. The Bertz CT molecular complexity index is 715. The number of hydrogen-bond acceptors (Lipinski definition) is 3. The molecule has 0 aliphatic heterocycles. The lowest BCUT2D eigenvalue weighted by atomic mass is 10.1. The molecule has 1 aliphatic rings. The molecule has 2 aromatic rings. The number of ether oxygens (including phenoxy) is 1. The molecule has 1 heterocycles. The second kappa shape index (κ2) is 4.71. The van der Waals surface area contributed by atoms with E-state index in [2.05, 4.69) is 0 Å². The zero-order chi connectivity index (χ0) is 14.3. The smallest absolute Gasteiger partial charge is 0.274 e. The van der Waals surface area contributed by atoms with E-state index >= 15 is 0 Å². The van der Waals surface area contributed by atoms with Gasteiger partial charge in [-0.2, -0.15) is 0 Å². The number of nitrogens with two attached hydrogens (primary N) is 1. The van der Waals surface area contributed by atoms with Gasteiger partial charge in [0.1, 0.15) is 5.75 Å². The van der Waals surface area contributed by atoms with Crippen LogP contribution < -0.4 is 16.0 Å². The highest BCUT2D eigenvalue weighted by Crippen LogP contribution is 2.39. The maximum absolute atomic E-state index is 12.3. The Balaban J connectivity index is 2.27. The Labute approximate surface area is 117 Å². The van der Waals surface area contributed by atoms with E-state index in [4.69, 9.17) is 10.5 Å². The summed E-state index contributed by atoms with van der Waals surface area (Å²) in [7, 11) is 1.64. The minimum absolute atomic E-state index is 0.103. The van der Waals surface area contributed by atoms with Crippen LogP contribution >= 0.6 is 0 Å². The molecule has 2 N–H and O–H groups in total. The van der Waals surface area contributed by atoms with Crippen LogP contribution in [0.15, 0.2) is 35.1 Å². The fraction of sp³-hybridized carbons (Fsp3) is 0.312.